The molecule has 0 saturated heterocycles. The maximum absolute atomic E-state index is 5.01. The molecule has 1 atom stereocenters. The molecule has 0 aliphatic carbocycles. The molecule has 1 aromatic heterocycles. The predicted octanol–water partition coefficient (Wildman–Crippen LogP) is 1.59. The molecule has 8 heteroatoms. The number of anilines is 1. The highest BCUT2D eigenvalue weighted by Gasteiger charge is 2.25. The number of hydrogen-bond donors (Lipinski definition) is 1. The Kier molecular flexibility index (Phi) is 3.54. The highest BCUT2D eigenvalue weighted by molar-refractivity contribution is 8.18. The molecule has 3 rings (SSSR count). The third-order valence-corrected chi connectivity index (χ3v) is 5.54. The van der Waals surface area contributed by atoms with Crippen LogP contribution in [-0.4, -0.2) is 53.7 Å². The number of thiazole rings is 1. The molecule has 0 amide bonds. The summed E-state index contributed by atoms with van der Waals surface area (Å²) in [6, 6.07) is 0. The van der Waals surface area contributed by atoms with Crippen molar-refractivity contribution in [2.24, 2.45) is 5.10 Å². The van der Waals surface area contributed by atoms with Gasteiger partial charge in [-0.1, -0.05) is 10.5 Å². The van der Waals surface area contributed by atoms with E-state index >= 15 is 0 Å². The summed E-state index contributed by atoms with van der Waals surface area (Å²) in [5.41, 5.74) is 0. The van der Waals surface area contributed by atoms with Crippen LogP contribution in [0.1, 0.15) is 0 Å². The summed E-state index contributed by atoms with van der Waals surface area (Å²) in [7, 11) is 3.58. The van der Waals surface area contributed by atoms with Gasteiger partial charge in [0.1, 0.15) is 11.4 Å². The van der Waals surface area contributed by atoms with Crippen LogP contribution < -0.4 is 5.32 Å². The third kappa shape index (κ3) is 2.38. The molecular formula is C11H15N5OS2. The van der Waals surface area contributed by atoms with E-state index in [-0.39, 0.29) is 10.5 Å². The average molecular weight is 297 g/mol. The summed E-state index contributed by atoms with van der Waals surface area (Å²) in [6.07, 6.45) is 3.82. The molecule has 1 aromatic rings. The van der Waals surface area contributed by atoms with Gasteiger partial charge in [-0.3, -0.25) is 0 Å². The fourth-order valence-corrected chi connectivity index (χ4v) is 4.56. The maximum Gasteiger partial charge on any atom is 0.183 e. The molecule has 0 saturated carbocycles. The van der Waals surface area contributed by atoms with Crippen molar-refractivity contribution in [2.45, 2.75) is 5.03 Å². The van der Waals surface area contributed by atoms with Crippen LogP contribution in [0.25, 0.3) is 0 Å². The van der Waals surface area contributed by atoms with Gasteiger partial charge in [0.15, 0.2) is 10.2 Å². The first-order chi connectivity index (χ1) is 9.29. The number of nitrogens with zero attached hydrogens (tertiary/aromatic N) is 4. The van der Waals surface area contributed by atoms with Gasteiger partial charge in [-0.05, 0) is 5.41 Å². The number of fused-ring (bicyclic) bond motifs is 1. The van der Waals surface area contributed by atoms with Crippen LogP contribution in [-0.2, 0) is 4.74 Å². The molecule has 2 aliphatic heterocycles. The summed E-state index contributed by atoms with van der Waals surface area (Å²) in [6.45, 7) is 1.46. The van der Waals surface area contributed by atoms with Crippen LogP contribution in [0, 0.1) is 0 Å². The minimum atomic E-state index is -0.122. The molecule has 1 unspecified atom stereocenters. The second kappa shape index (κ2) is 5.32. The van der Waals surface area contributed by atoms with Gasteiger partial charge in [-0.25, -0.2) is 9.99 Å². The zero-order chi connectivity index (χ0) is 13.2. The zero-order valence-corrected chi connectivity index (χ0v) is 12.4. The Morgan fingerprint density at radius 1 is 1.53 bits per heavy atom. The number of hydrogen-bond acceptors (Lipinski definition) is 7. The lowest BCUT2D eigenvalue weighted by molar-refractivity contribution is 0.211. The van der Waals surface area contributed by atoms with E-state index in [1.807, 2.05) is 29.5 Å². The monoisotopic (exact) mass is 297 g/mol. The van der Waals surface area contributed by atoms with Crippen molar-refractivity contribution in [3.63, 3.8) is 0 Å². The van der Waals surface area contributed by atoms with E-state index < -0.39 is 0 Å². The molecule has 0 aromatic carbocycles. The molecule has 1 N–H and O–H groups in total. The number of ether oxygens (including phenoxy) is 1. The van der Waals surface area contributed by atoms with Gasteiger partial charge in [-0.15, -0.1) is 11.3 Å². The van der Waals surface area contributed by atoms with Crippen molar-refractivity contribution in [3.8, 4) is 0 Å². The molecule has 2 aliphatic rings. The molecule has 0 bridgehead atoms. The Balaban J connectivity index is 1.78. The number of aromatic nitrogens is 1. The van der Waals surface area contributed by atoms with Gasteiger partial charge < -0.3 is 15.0 Å². The summed E-state index contributed by atoms with van der Waals surface area (Å²) in [5, 5.41) is 16.9. The van der Waals surface area contributed by atoms with E-state index in [4.69, 9.17) is 4.74 Å². The Hall–Kier alpha value is -1.38. The van der Waals surface area contributed by atoms with Crippen molar-refractivity contribution in [1.82, 2.24) is 14.9 Å². The largest absolute Gasteiger partial charge is 0.383 e. The quantitative estimate of drug-likeness (QED) is 0.661. The summed E-state index contributed by atoms with van der Waals surface area (Å²) >= 11 is 1.63. The summed E-state index contributed by atoms with van der Waals surface area (Å²) in [4.78, 5) is 6.68. The standard InChI is InChI=1S/C11H15N5OS2/c1-15-8-13-16-4-6-19(11(15)16)9-7-18-10(14-9)12-3-5-17-2/h4,6-8H,3,5H2,1-2H3,(H,12,14). The van der Waals surface area contributed by atoms with E-state index in [2.05, 4.69) is 26.2 Å². The maximum atomic E-state index is 5.01. The molecule has 0 radical (unpaired) electrons. The second-order valence-corrected chi connectivity index (χ2v) is 6.59. The number of hydrazone groups is 1. The van der Waals surface area contributed by atoms with Crippen molar-refractivity contribution in [3.05, 3.63) is 17.0 Å². The molecular weight excluding hydrogens is 282 g/mol. The topological polar surface area (TPSA) is 53.0 Å². The van der Waals surface area contributed by atoms with Crippen LogP contribution in [0.5, 0.6) is 0 Å². The first kappa shape index (κ1) is 12.6. The normalized spacial score (nSPS) is 20.5. The molecule has 0 spiro atoms. The Bertz CT molecular complexity index is 565. The number of nitrogens with one attached hydrogen (secondary N) is 1. The number of methoxy groups -OCH3 is 1. The highest BCUT2D eigenvalue weighted by Crippen LogP contribution is 2.38. The van der Waals surface area contributed by atoms with Crippen molar-refractivity contribution in [2.75, 3.05) is 32.6 Å². The zero-order valence-electron chi connectivity index (χ0n) is 10.7. The minimum Gasteiger partial charge on any atom is -0.383 e. The SMILES string of the molecule is COCCNc1nc(S2=C3N(C)C=NN3C=C2)cs1. The van der Waals surface area contributed by atoms with Gasteiger partial charge in [0.25, 0.3) is 0 Å². The lowest BCUT2D eigenvalue weighted by Crippen LogP contribution is -2.26. The molecule has 19 heavy (non-hydrogen) atoms. The van der Waals surface area contributed by atoms with Crippen LogP contribution >= 0.6 is 21.8 Å². The molecule has 0 fully saturated rings. The average Bonchev–Trinajstić information content (AvgIpc) is 3.08. The van der Waals surface area contributed by atoms with Crippen LogP contribution in [0.2, 0.25) is 0 Å². The van der Waals surface area contributed by atoms with Crippen molar-refractivity contribution in [1.29, 1.82) is 0 Å². The first-order valence-corrected chi connectivity index (χ1v) is 7.99. The van der Waals surface area contributed by atoms with Crippen LogP contribution in [0.3, 0.4) is 0 Å². The lowest BCUT2D eigenvalue weighted by Gasteiger charge is -2.13. The van der Waals surface area contributed by atoms with Crippen molar-refractivity contribution >= 4 is 38.4 Å². The minimum absolute atomic E-state index is 0.122. The molecule has 6 nitrogen and oxygen atoms in total. The Morgan fingerprint density at radius 2 is 2.42 bits per heavy atom. The van der Waals surface area contributed by atoms with Gasteiger partial charge in [0.2, 0.25) is 0 Å². The van der Waals surface area contributed by atoms with Crippen molar-refractivity contribution < 1.29 is 4.74 Å². The lowest BCUT2D eigenvalue weighted by atomic mass is 10.7. The summed E-state index contributed by atoms with van der Waals surface area (Å²) < 4.78 is 5.01. The van der Waals surface area contributed by atoms with Crippen LogP contribution in [0.15, 0.2) is 27.1 Å². The van der Waals surface area contributed by atoms with Gasteiger partial charge in [0.05, 0.1) is 6.61 Å². The van der Waals surface area contributed by atoms with E-state index in [0.717, 1.165) is 21.8 Å². The fourth-order valence-electron chi connectivity index (χ4n) is 1.80. The molecule has 102 valence electrons. The first-order valence-electron chi connectivity index (χ1n) is 5.82. The van der Waals surface area contributed by atoms with Gasteiger partial charge in [0, 0.05) is 32.3 Å². The van der Waals surface area contributed by atoms with Gasteiger partial charge in [-0.2, -0.15) is 5.10 Å². The van der Waals surface area contributed by atoms with E-state index in [1.54, 1.807) is 18.4 Å². The summed E-state index contributed by atoms with van der Waals surface area (Å²) in [5.74, 6) is 0. The fraction of sp³-hybridized carbons (Fsp3) is 0.364. The van der Waals surface area contributed by atoms with E-state index in [9.17, 15) is 0 Å². The Morgan fingerprint density at radius 3 is 3.26 bits per heavy atom. The highest BCUT2D eigenvalue weighted by atomic mass is 32.2. The second-order valence-electron chi connectivity index (χ2n) is 4.00. The van der Waals surface area contributed by atoms with E-state index in [0.29, 0.717) is 6.61 Å². The smallest absolute Gasteiger partial charge is 0.183 e. The predicted molar refractivity (Wildman–Crippen MR) is 80.6 cm³/mol. The Labute approximate surface area is 118 Å². The number of rotatable bonds is 5. The third-order valence-electron chi connectivity index (χ3n) is 2.67. The van der Waals surface area contributed by atoms with E-state index in [1.165, 1.54) is 0 Å². The van der Waals surface area contributed by atoms with Crippen LogP contribution in [0.4, 0.5) is 5.13 Å². The van der Waals surface area contributed by atoms with Gasteiger partial charge >= 0.3 is 0 Å². The molecule has 3 heterocycles.